The molecule has 2 fully saturated rings. The maximum absolute atomic E-state index is 11.9. The molecule has 2 aliphatic rings. The highest BCUT2D eigenvalue weighted by Gasteiger charge is 2.35. The molecule has 0 amide bonds. The maximum atomic E-state index is 11.9. The van der Waals surface area contributed by atoms with Crippen LogP contribution in [0.4, 0.5) is 13.2 Å². The lowest BCUT2D eigenvalue weighted by Crippen LogP contribution is -2.54. The van der Waals surface area contributed by atoms with Crippen LogP contribution in [0.3, 0.4) is 0 Å². The molecule has 2 rings (SSSR count). The Labute approximate surface area is 118 Å². The van der Waals surface area contributed by atoms with E-state index in [1.807, 2.05) is 0 Å². The van der Waals surface area contributed by atoms with E-state index in [-0.39, 0.29) is 6.61 Å². The van der Waals surface area contributed by atoms with Gasteiger partial charge in [0.2, 0.25) is 0 Å². The minimum absolute atomic E-state index is 0.173. The molecule has 6 heteroatoms. The highest BCUT2D eigenvalue weighted by atomic mass is 19.4. The third-order valence-corrected chi connectivity index (χ3v) is 4.50. The average Bonchev–Trinajstić information content (AvgIpc) is 2.33. The molecule has 2 bridgehead atoms. The van der Waals surface area contributed by atoms with Crippen molar-refractivity contribution >= 4 is 0 Å². The minimum atomic E-state index is -4.21. The lowest BCUT2D eigenvalue weighted by Gasteiger charge is -2.47. The first-order chi connectivity index (χ1) is 9.46. The Morgan fingerprint density at radius 2 is 1.85 bits per heavy atom. The van der Waals surface area contributed by atoms with Gasteiger partial charge in [-0.15, -0.1) is 0 Å². The van der Waals surface area contributed by atoms with E-state index in [9.17, 15) is 13.2 Å². The van der Waals surface area contributed by atoms with Crippen molar-refractivity contribution in [1.82, 2.24) is 10.2 Å². The van der Waals surface area contributed by atoms with Crippen molar-refractivity contribution in [3.63, 3.8) is 0 Å². The quantitative estimate of drug-likeness (QED) is 0.762. The first-order valence-corrected chi connectivity index (χ1v) is 7.55. The van der Waals surface area contributed by atoms with Crippen molar-refractivity contribution in [2.45, 2.75) is 62.8 Å². The molecule has 0 aromatic rings. The van der Waals surface area contributed by atoms with Gasteiger partial charge in [0.05, 0.1) is 0 Å². The number of ether oxygens (including phenoxy) is 1. The van der Waals surface area contributed by atoms with Crippen LogP contribution >= 0.6 is 0 Å². The molecule has 0 aromatic heterocycles. The van der Waals surface area contributed by atoms with E-state index in [2.05, 4.69) is 22.0 Å². The number of alkyl halides is 3. The monoisotopic (exact) mass is 294 g/mol. The fraction of sp³-hybridized carbons (Fsp3) is 1.00. The summed E-state index contributed by atoms with van der Waals surface area (Å²) in [6, 6.07) is 1.88. The van der Waals surface area contributed by atoms with E-state index in [0.717, 1.165) is 19.4 Å². The van der Waals surface area contributed by atoms with E-state index >= 15 is 0 Å². The molecule has 0 aliphatic carbocycles. The summed E-state index contributed by atoms with van der Waals surface area (Å²) < 4.78 is 40.2. The first-order valence-electron chi connectivity index (χ1n) is 7.55. The third-order valence-electron chi connectivity index (χ3n) is 4.50. The van der Waals surface area contributed by atoms with Crippen molar-refractivity contribution in [3.8, 4) is 0 Å². The zero-order valence-electron chi connectivity index (χ0n) is 12.1. The predicted octanol–water partition coefficient (Wildman–Crippen LogP) is 2.56. The zero-order chi connectivity index (χ0) is 14.6. The number of halogens is 3. The Balaban J connectivity index is 1.56. The van der Waals surface area contributed by atoms with Gasteiger partial charge >= 0.3 is 6.18 Å². The largest absolute Gasteiger partial charge is 0.411 e. The number of piperidine rings is 2. The predicted molar refractivity (Wildman–Crippen MR) is 71.7 cm³/mol. The van der Waals surface area contributed by atoms with Gasteiger partial charge in [-0.1, -0.05) is 6.42 Å². The summed E-state index contributed by atoms with van der Waals surface area (Å²) >= 11 is 0. The molecule has 0 aromatic carbocycles. The van der Waals surface area contributed by atoms with E-state index in [0.29, 0.717) is 24.5 Å². The summed E-state index contributed by atoms with van der Waals surface area (Å²) in [5.41, 5.74) is 0. The zero-order valence-corrected chi connectivity index (χ0v) is 12.1. The third kappa shape index (κ3) is 4.90. The number of nitrogens with zero attached hydrogens (tertiary/aromatic N) is 1. The Kier molecular flexibility index (Phi) is 5.69. The average molecular weight is 294 g/mol. The molecule has 3 nitrogen and oxygen atoms in total. The highest BCUT2D eigenvalue weighted by molar-refractivity contribution is 4.93. The van der Waals surface area contributed by atoms with Gasteiger partial charge in [-0.3, -0.25) is 0 Å². The van der Waals surface area contributed by atoms with Gasteiger partial charge < -0.3 is 15.0 Å². The molecule has 2 heterocycles. The summed E-state index contributed by atoms with van der Waals surface area (Å²) in [5, 5.41) is 3.48. The van der Waals surface area contributed by atoms with Gasteiger partial charge in [-0.2, -0.15) is 13.2 Å². The topological polar surface area (TPSA) is 24.5 Å². The van der Waals surface area contributed by atoms with Gasteiger partial charge in [0, 0.05) is 24.7 Å². The molecule has 0 saturated carbocycles. The number of hydrogen-bond acceptors (Lipinski definition) is 3. The first kappa shape index (κ1) is 16.0. The van der Waals surface area contributed by atoms with Crippen LogP contribution in [0.2, 0.25) is 0 Å². The number of nitrogens with one attached hydrogen (secondary N) is 1. The molecular weight excluding hydrogens is 269 g/mol. The molecule has 2 saturated heterocycles. The second-order valence-electron chi connectivity index (χ2n) is 6.05. The molecule has 0 radical (unpaired) electrons. The van der Waals surface area contributed by atoms with E-state index < -0.39 is 12.8 Å². The van der Waals surface area contributed by atoms with Crippen molar-refractivity contribution in [2.75, 3.05) is 26.8 Å². The molecule has 2 aliphatic heterocycles. The fourth-order valence-electron chi connectivity index (χ4n) is 3.45. The van der Waals surface area contributed by atoms with Crippen LogP contribution in [0.5, 0.6) is 0 Å². The molecule has 2 atom stereocenters. The fourth-order valence-corrected chi connectivity index (χ4v) is 3.45. The summed E-state index contributed by atoms with van der Waals surface area (Å²) in [5.74, 6) is 0. The van der Waals surface area contributed by atoms with Gasteiger partial charge in [0.25, 0.3) is 0 Å². The van der Waals surface area contributed by atoms with E-state index in [1.54, 1.807) is 0 Å². The van der Waals surface area contributed by atoms with Crippen LogP contribution in [0.1, 0.15) is 38.5 Å². The molecule has 2 unspecified atom stereocenters. The van der Waals surface area contributed by atoms with Gasteiger partial charge in [-0.25, -0.2) is 0 Å². The normalized spacial score (nSPS) is 31.5. The van der Waals surface area contributed by atoms with E-state index in [4.69, 9.17) is 0 Å². The van der Waals surface area contributed by atoms with Crippen molar-refractivity contribution < 1.29 is 17.9 Å². The van der Waals surface area contributed by atoms with Crippen LogP contribution in [0.15, 0.2) is 0 Å². The van der Waals surface area contributed by atoms with Crippen LogP contribution in [0, 0.1) is 0 Å². The Morgan fingerprint density at radius 1 is 1.20 bits per heavy atom. The summed E-state index contributed by atoms with van der Waals surface area (Å²) in [6.45, 7) is -0.219. The lowest BCUT2D eigenvalue weighted by molar-refractivity contribution is -0.174. The molecule has 20 heavy (non-hydrogen) atoms. The summed E-state index contributed by atoms with van der Waals surface area (Å²) in [4.78, 5) is 2.51. The number of rotatable bonds is 6. The lowest BCUT2D eigenvalue weighted by atomic mass is 9.82. The Hall–Kier alpha value is -0.330. The van der Waals surface area contributed by atoms with Crippen molar-refractivity contribution in [2.24, 2.45) is 0 Å². The number of fused-ring (bicyclic) bond motifs is 2. The molecule has 118 valence electrons. The van der Waals surface area contributed by atoms with Gasteiger partial charge in [0.1, 0.15) is 6.61 Å². The van der Waals surface area contributed by atoms with Gasteiger partial charge in [0.15, 0.2) is 0 Å². The van der Waals surface area contributed by atoms with Crippen molar-refractivity contribution in [3.05, 3.63) is 0 Å². The molecule has 0 spiro atoms. The second kappa shape index (κ2) is 7.09. The SMILES string of the molecule is CN1C2CCCC1CC(NCCCOCC(F)(F)F)C2. The number of hydrogen-bond donors (Lipinski definition) is 1. The maximum Gasteiger partial charge on any atom is 0.411 e. The minimum Gasteiger partial charge on any atom is -0.372 e. The highest BCUT2D eigenvalue weighted by Crippen LogP contribution is 2.32. The second-order valence-corrected chi connectivity index (χ2v) is 6.05. The van der Waals surface area contributed by atoms with Crippen LogP contribution in [-0.4, -0.2) is 56.0 Å². The Bertz CT molecular complexity index is 285. The van der Waals surface area contributed by atoms with Crippen LogP contribution < -0.4 is 5.32 Å². The van der Waals surface area contributed by atoms with Crippen LogP contribution in [0.25, 0.3) is 0 Å². The summed E-state index contributed by atoms with van der Waals surface area (Å²) in [7, 11) is 2.22. The smallest absolute Gasteiger partial charge is 0.372 e. The van der Waals surface area contributed by atoms with Crippen molar-refractivity contribution in [1.29, 1.82) is 0 Å². The summed E-state index contributed by atoms with van der Waals surface area (Å²) in [6.07, 6.45) is 2.64. The molecule has 1 N–H and O–H groups in total. The molecular formula is C14H25F3N2O. The van der Waals surface area contributed by atoms with Crippen LogP contribution in [-0.2, 0) is 4.74 Å². The van der Waals surface area contributed by atoms with Gasteiger partial charge in [-0.05, 0) is 45.7 Å². The van der Waals surface area contributed by atoms with E-state index in [1.165, 1.54) is 19.3 Å². The Morgan fingerprint density at radius 3 is 2.45 bits per heavy atom. The standard InChI is InChI=1S/C14H25F3N2O/c1-19-12-4-2-5-13(19)9-11(8-12)18-6-3-7-20-10-14(15,16)17/h11-13,18H,2-10H2,1H3.